The van der Waals surface area contributed by atoms with Crippen LogP contribution in [0.4, 0.5) is 11.5 Å². The van der Waals surface area contributed by atoms with Crippen LogP contribution in [0.2, 0.25) is 0 Å². The van der Waals surface area contributed by atoms with Gasteiger partial charge in [0.05, 0.1) is 11.6 Å². The zero-order valence-electron chi connectivity index (χ0n) is 9.51. The van der Waals surface area contributed by atoms with Gasteiger partial charge < -0.3 is 11.5 Å². The van der Waals surface area contributed by atoms with Crippen LogP contribution in [0.25, 0.3) is 22.3 Å². The molecule has 1 aliphatic heterocycles. The SMILES string of the molecule is N#Cc1ccccc2c3c(N)cc(N)ncc-3c1-2. The number of nitrogens with zero attached hydrogens (tertiary/aromatic N) is 2. The fourth-order valence-electron chi connectivity index (χ4n) is 2.26. The van der Waals surface area contributed by atoms with Crippen LogP contribution in [0.5, 0.6) is 0 Å². The topological polar surface area (TPSA) is 88.7 Å². The summed E-state index contributed by atoms with van der Waals surface area (Å²) in [5.74, 6) is 0.371. The van der Waals surface area contributed by atoms with E-state index in [1.165, 1.54) is 0 Å². The number of rotatable bonds is 0. The largest absolute Gasteiger partial charge is 0.398 e. The molecule has 0 bridgehead atoms. The molecule has 0 fully saturated rings. The molecule has 4 heteroatoms. The van der Waals surface area contributed by atoms with Gasteiger partial charge in [0.2, 0.25) is 0 Å². The molecule has 18 heavy (non-hydrogen) atoms. The van der Waals surface area contributed by atoms with Crippen molar-refractivity contribution >= 4 is 11.5 Å². The van der Waals surface area contributed by atoms with E-state index in [1.807, 2.05) is 18.2 Å². The van der Waals surface area contributed by atoms with Crippen LogP contribution in [-0.2, 0) is 0 Å². The van der Waals surface area contributed by atoms with E-state index in [0.717, 1.165) is 22.3 Å². The van der Waals surface area contributed by atoms with Gasteiger partial charge >= 0.3 is 0 Å². The molecule has 4 N–H and O–H groups in total. The summed E-state index contributed by atoms with van der Waals surface area (Å²) in [7, 11) is 0. The van der Waals surface area contributed by atoms with Gasteiger partial charge in [-0.15, -0.1) is 0 Å². The zero-order valence-corrected chi connectivity index (χ0v) is 9.51. The van der Waals surface area contributed by atoms with Crippen LogP contribution >= 0.6 is 0 Å². The van der Waals surface area contributed by atoms with E-state index in [4.69, 9.17) is 11.5 Å². The second-order valence-corrected chi connectivity index (χ2v) is 4.10. The van der Waals surface area contributed by atoms with Crippen molar-refractivity contribution in [2.75, 3.05) is 11.5 Å². The van der Waals surface area contributed by atoms with Crippen LogP contribution in [0, 0.1) is 11.3 Å². The molecule has 0 spiro atoms. The first-order chi connectivity index (χ1) is 8.72. The number of nitrogen functional groups attached to an aromatic ring is 2. The van der Waals surface area contributed by atoms with Crippen LogP contribution in [0.1, 0.15) is 5.56 Å². The lowest BCUT2D eigenvalue weighted by molar-refractivity contribution is 1.37. The van der Waals surface area contributed by atoms with Crippen LogP contribution < -0.4 is 11.5 Å². The third kappa shape index (κ3) is 1.28. The first-order valence-corrected chi connectivity index (χ1v) is 5.48. The molecule has 0 amide bonds. The third-order valence-corrected chi connectivity index (χ3v) is 3.04. The van der Waals surface area contributed by atoms with Gasteiger partial charge in [-0.2, -0.15) is 5.26 Å². The fraction of sp³-hybridized carbons (Fsp3) is 0. The van der Waals surface area contributed by atoms with Crippen molar-refractivity contribution in [3.05, 3.63) is 42.1 Å². The average Bonchev–Trinajstić information content (AvgIpc) is 2.55. The predicted molar refractivity (Wildman–Crippen MR) is 71.0 cm³/mol. The predicted octanol–water partition coefficient (Wildman–Crippen LogP) is 2.33. The van der Waals surface area contributed by atoms with E-state index >= 15 is 0 Å². The number of hydrogen-bond donors (Lipinski definition) is 2. The molecule has 86 valence electrons. The van der Waals surface area contributed by atoms with Gasteiger partial charge in [-0.1, -0.05) is 18.2 Å². The molecule has 1 heterocycles. The summed E-state index contributed by atoms with van der Waals surface area (Å²) in [6.45, 7) is 0. The van der Waals surface area contributed by atoms with Crippen molar-refractivity contribution in [3.8, 4) is 28.3 Å². The molecule has 0 unspecified atom stereocenters. The van der Waals surface area contributed by atoms with Gasteiger partial charge in [0, 0.05) is 34.6 Å². The Hall–Kier alpha value is -2.80. The maximum Gasteiger partial charge on any atom is 0.125 e. The summed E-state index contributed by atoms with van der Waals surface area (Å²) in [6, 6.07) is 11.3. The summed E-state index contributed by atoms with van der Waals surface area (Å²) in [5.41, 5.74) is 16.5. The lowest BCUT2D eigenvalue weighted by Gasteiger charge is -2.21. The minimum absolute atomic E-state index is 0.371. The molecule has 0 saturated carbocycles. The normalized spacial score (nSPS) is 10.6. The Morgan fingerprint density at radius 2 is 1.83 bits per heavy atom. The highest BCUT2D eigenvalue weighted by Crippen LogP contribution is 2.50. The van der Waals surface area contributed by atoms with Crippen LogP contribution in [0.3, 0.4) is 0 Å². The Balaban J connectivity index is 2.47. The molecule has 3 rings (SSSR count). The number of anilines is 2. The second kappa shape index (κ2) is 3.60. The third-order valence-electron chi connectivity index (χ3n) is 3.04. The highest BCUT2D eigenvalue weighted by atomic mass is 14.8. The van der Waals surface area contributed by atoms with E-state index in [9.17, 15) is 5.26 Å². The Labute approximate surface area is 104 Å². The van der Waals surface area contributed by atoms with Crippen molar-refractivity contribution in [1.29, 1.82) is 5.26 Å². The van der Waals surface area contributed by atoms with Gasteiger partial charge in [-0.3, -0.25) is 0 Å². The second-order valence-electron chi connectivity index (χ2n) is 4.10. The molecule has 0 atom stereocenters. The molecule has 3 aliphatic rings. The van der Waals surface area contributed by atoms with E-state index in [0.29, 0.717) is 17.1 Å². The zero-order chi connectivity index (χ0) is 12.7. The number of nitriles is 1. The molecule has 0 radical (unpaired) electrons. The summed E-state index contributed by atoms with van der Waals surface area (Å²) in [6.07, 6.45) is 1.67. The lowest BCUT2D eigenvalue weighted by atomic mass is 9.81. The number of nitrogens with two attached hydrogens (primary N) is 2. The minimum Gasteiger partial charge on any atom is -0.398 e. The average molecular weight is 234 g/mol. The standard InChI is InChI=1S/C14H10N4/c15-6-8-3-1-2-4-9-13(8)10-7-18-12(17)5-11(16)14(9)10/h1-5,7H,16H2,(H2,17,18). The number of aromatic nitrogens is 1. The Morgan fingerprint density at radius 3 is 2.61 bits per heavy atom. The van der Waals surface area contributed by atoms with Crippen LogP contribution in [-0.4, -0.2) is 4.98 Å². The quantitative estimate of drug-likeness (QED) is 0.624. The molecule has 2 aliphatic carbocycles. The van der Waals surface area contributed by atoms with Crippen LogP contribution in [0.15, 0.2) is 36.5 Å². The van der Waals surface area contributed by atoms with E-state index in [2.05, 4.69) is 11.1 Å². The summed E-state index contributed by atoms with van der Waals surface area (Å²) >= 11 is 0. The number of hydrogen-bond acceptors (Lipinski definition) is 4. The molecule has 0 saturated heterocycles. The number of fused-ring (bicyclic) bond motifs is 4. The highest BCUT2D eigenvalue weighted by Gasteiger charge is 2.26. The monoisotopic (exact) mass is 234 g/mol. The highest BCUT2D eigenvalue weighted by molar-refractivity contribution is 6.08. The molecular formula is C14H10N4. The van der Waals surface area contributed by atoms with Gasteiger partial charge in [-0.05, 0) is 11.6 Å². The van der Waals surface area contributed by atoms with Gasteiger partial charge in [0.15, 0.2) is 0 Å². The molecule has 0 aromatic heterocycles. The van der Waals surface area contributed by atoms with Crippen molar-refractivity contribution in [1.82, 2.24) is 4.98 Å². The fourth-order valence-corrected chi connectivity index (χ4v) is 2.26. The Kier molecular flexibility index (Phi) is 2.07. The first-order valence-electron chi connectivity index (χ1n) is 5.48. The summed E-state index contributed by atoms with van der Waals surface area (Å²) in [5, 5.41) is 9.17. The molecule has 0 aromatic rings. The maximum atomic E-state index is 9.17. The van der Waals surface area contributed by atoms with Gasteiger partial charge in [-0.25, -0.2) is 4.98 Å². The van der Waals surface area contributed by atoms with E-state index in [1.54, 1.807) is 18.3 Å². The minimum atomic E-state index is 0.371. The van der Waals surface area contributed by atoms with Crippen molar-refractivity contribution < 1.29 is 0 Å². The Morgan fingerprint density at radius 1 is 1.06 bits per heavy atom. The smallest absolute Gasteiger partial charge is 0.125 e. The van der Waals surface area contributed by atoms with E-state index < -0.39 is 0 Å². The summed E-state index contributed by atoms with van der Waals surface area (Å²) < 4.78 is 0. The van der Waals surface area contributed by atoms with Crippen molar-refractivity contribution in [2.45, 2.75) is 0 Å². The van der Waals surface area contributed by atoms with E-state index in [-0.39, 0.29) is 0 Å². The maximum absolute atomic E-state index is 9.17. The lowest BCUT2D eigenvalue weighted by Crippen LogP contribution is -2.01. The molecule has 0 aromatic carbocycles. The molecule has 4 nitrogen and oxygen atoms in total. The van der Waals surface area contributed by atoms with Crippen molar-refractivity contribution in [3.63, 3.8) is 0 Å². The Bertz CT molecular complexity index is 727. The van der Waals surface area contributed by atoms with Gasteiger partial charge in [0.25, 0.3) is 0 Å². The first kappa shape index (κ1) is 10.4. The van der Waals surface area contributed by atoms with Crippen molar-refractivity contribution in [2.24, 2.45) is 0 Å². The molecular weight excluding hydrogens is 224 g/mol. The summed E-state index contributed by atoms with van der Waals surface area (Å²) in [4.78, 5) is 4.10. The van der Waals surface area contributed by atoms with Gasteiger partial charge in [0.1, 0.15) is 5.82 Å².